The molecule has 2 aromatic rings. The average molecular weight is 231 g/mol. The van der Waals surface area contributed by atoms with E-state index in [9.17, 15) is 4.39 Å². The van der Waals surface area contributed by atoms with Crippen LogP contribution in [0.2, 0.25) is 0 Å². The Kier molecular flexibility index (Phi) is 2.42. The maximum atomic E-state index is 13.1. The molecule has 0 spiro atoms. The minimum Gasteiger partial charge on any atom is -0.383 e. The molecule has 0 bridgehead atoms. The minimum atomic E-state index is -0.304. The molecule has 0 atom stereocenters. The number of rotatable bonds is 1. The molecule has 0 saturated heterocycles. The number of nitrogen functional groups attached to an aromatic ring is 1. The molecule has 1 aromatic carbocycles. The molecular formula is C13H14FN3. The first-order valence-electron chi connectivity index (χ1n) is 5.97. The summed E-state index contributed by atoms with van der Waals surface area (Å²) in [5, 5.41) is 0.603. The fourth-order valence-electron chi connectivity index (χ4n) is 2.51. The molecule has 3 rings (SSSR count). The molecule has 1 aromatic heterocycles. The number of benzene rings is 1. The van der Waals surface area contributed by atoms with Gasteiger partial charge in [-0.15, -0.1) is 0 Å². The number of hydrogen-bond acceptors (Lipinski definition) is 3. The standard InChI is InChI=1S/C13H14FN3/c14-9-5-6-11-10(7-9)12(15)17-13(16-11)8-3-1-2-4-8/h5-8H,1-4H2,(H2,15,16,17). The van der Waals surface area contributed by atoms with E-state index in [0.29, 0.717) is 17.1 Å². The molecule has 88 valence electrons. The predicted molar refractivity (Wildman–Crippen MR) is 65.1 cm³/mol. The summed E-state index contributed by atoms with van der Waals surface area (Å²) in [6.45, 7) is 0. The van der Waals surface area contributed by atoms with Gasteiger partial charge in [0.2, 0.25) is 0 Å². The smallest absolute Gasteiger partial charge is 0.135 e. The molecule has 2 N–H and O–H groups in total. The quantitative estimate of drug-likeness (QED) is 0.820. The first-order chi connectivity index (χ1) is 8.24. The Bertz CT molecular complexity index is 562. The minimum absolute atomic E-state index is 0.304. The molecule has 17 heavy (non-hydrogen) atoms. The zero-order chi connectivity index (χ0) is 11.8. The lowest BCUT2D eigenvalue weighted by atomic mass is 10.1. The van der Waals surface area contributed by atoms with Crippen LogP contribution in [0, 0.1) is 5.82 Å². The van der Waals surface area contributed by atoms with Crippen molar-refractivity contribution in [3.05, 3.63) is 29.8 Å². The molecular weight excluding hydrogens is 217 g/mol. The molecule has 0 aliphatic heterocycles. The number of nitrogens with two attached hydrogens (primary N) is 1. The van der Waals surface area contributed by atoms with Gasteiger partial charge in [-0.1, -0.05) is 12.8 Å². The van der Waals surface area contributed by atoms with Gasteiger partial charge in [0.15, 0.2) is 0 Å². The summed E-state index contributed by atoms with van der Waals surface area (Å²) >= 11 is 0. The molecule has 4 heteroatoms. The summed E-state index contributed by atoms with van der Waals surface area (Å²) in [5.74, 6) is 1.32. The first kappa shape index (κ1) is 10.4. The number of halogens is 1. The van der Waals surface area contributed by atoms with E-state index >= 15 is 0 Å². The molecule has 0 unspecified atom stereocenters. The van der Waals surface area contributed by atoms with Crippen molar-refractivity contribution < 1.29 is 4.39 Å². The van der Waals surface area contributed by atoms with Crippen LogP contribution in [0.4, 0.5) is 10.2 Å². The Morgan fingerprint density at radius 3 is 2.71 bits per heavy atom. The Morgan fingerprint density at radius 1 is 1.18 bits per heavy atom. The van der Waals surface area contributed by atoms with E-state index in [1.165, 1.54) is 25.0 Å². The van der Waals surface area contributed by atoms with Crippen LogP contribution in [0.15, 0.2) is 18.2 Å². The largest absolute Gasteiger partial charge is 0.383 e. The second kappa shape index (κ2) is 3.95. The molecule has 1 aliphatic carbocycles. The summed E-state index contributed by atoms with van der Waals surface area (Å²) in [6.07, 6.45) is 4.73. The van der Waals surface area contributed by atoms with Crippen molar-refractivity contribution in [2.45, 2.75) is 31.6 Å². The zero-order valence-electron chi connectivity index (χ0n) is 9.49. The summed E-state index contributed by atoms with van der Waals surface area (Å²) in [6, 6.07) is 4.47. The maximum absolute atomic E-state index is 13.1. The summed E-state index contributed by atoms with van der Waals surface area (Å²) in [7, 11) is 0. The van der Waals surface area contributed by atoms with Gasteiger partial charge in [-0.25, -0.2) is 14.4 Å². The van der Waals surface area contributed by atoms with Crippen molar-refractivity contribution in [1.29, 1.82) is 0 Å². The van der Waals surface area contributed by atoms with Gasteiger partial charge in [-0.3, -0.25) is 0 Å². The molecule has 1 heterocycles. The van der Waals surface area contributed by atoms with Crippen molar-refractivity contribution in [1.82, 2.24) is 9.97 Å². The summed E-state index contributed by atoms with van der Waals surface area (Å²) in [5.41, 5.74) is 6.61. The monoisotopic (exact) mass is 231 g/mol. The van der Waals surface area contributed by atoms with Crippen LogP contribution in [0.1, 0.15) is 37.4 Å². The normalized spacial score (nSPS) is 16.8. The van der Waals surface area contributed by atoms with E-state index in [4.69, 9.17) is 5.73 Å². The van der Waals surface area contributed by atoms with Gasteiger partial charge in [-0.2, -0.15) is 0 Å². The van der Waals surface area contributed by atoms with Gasteiger partial charge >= 0.3 is 0 Å². The third kappa shape index (κ3) is 1.84. The number of nitrogens with zero attached hydrogens (tertiary/aromatic N) is 2. The molecule has 1 fully saturated rings. The topological polar surface area (TPSA) is 51.8 Å². The lowest BCUT2D eigenvalue weighted by Gasteiger charge is -2.10. The van der Waals surface area contributed by atoms with Crippen LogP contribution in [0.3, 0.4) is 0 Å². The van der Waals surface area contributed by atoms with Gasteiger partial charge in [0, 0.05) is 11.3 Å². The number of fused-ring (bicyclic) bond motifs is 1. The average Bonchev–Trinajstić information content (AvgIpc) is 2.83. The van der Waals surface area contributed by atoms with E-state index in [1.54, 1.807) is 6.07 Å². The lowest BCUT2D eigenvalue weighted by Crippen LogP contribution is -2.04. The highest BCUT2D eigenvalue weighted by atomic mass is 19.1. The molecule has 1 aliphatic rings. The van der Waals surface area contributed by atoms with E-state index in [-0.39, 0.29) is 5.82 Å². The van der Waals surface area contributed by atoms with E-state index < -0.39 is 0 Å². The van der Waals surface area contributed by atoms with Gasteiger partial charge < -0.3 is 5.73 Å². The van der Waals surface area contributed by atoms with Gasteiger partial charge in [0.25, 0.3) is 0 Å². The number of hydrogen-bond donors (Lipinski definition) is 1. The van der Waals surface area contributed by atoms with Crippen molar-refractivity contribution in [3.63, 3.8) is 0 Å². The van der Waals surface area contributed by atoms with E-state index in [2.05, 4.69) is 9.97 Å². The Morgan fingerprint density at radius 2 is 1.94 bits per heavy atom. The predicted octanol–water partition coefficient (Wildman–Crippen LogP) is 3.01. The third-order valence-corrected chi connectivity index (χ3v) is 3.42. The highest BCUT2D eigenvalue weighted by molar-refractivity contribution is 5.87. The third-order valence-electron chi connectivity index (χ3n) is 3.42. The van der Waals surface area contributed by atoms with Crippen molar-refractivity contribution in [2.75, 3.05) is 5.73 Å². The molecule has 0 radical (unpaired) electrons. The molecule has 0 amide bonds. The summed E-state index contributed by atoms with van der Waals surface area (Å²) in [4.78, 5) is 8.83. The van der Waals surface area contributed by atoms with Crippen molar-refractivity contribution in [2.24, 2.45) is 0 Å². The highest BCUT2D eigenvalue weighted by Gasteiger charge is 2.20. The van der Waals surface area contributed by atoms with Crippen molar-refractivity contribution in [3.8, 4) is 0 Å². The van der Waals surface area contributed by atoms with Crippen LogP contribution in [0.25, 0.3) is 10.9 Å². The molecule has 1 saturated carbocycles. The lowest BCUT2D eigenvalue weighted by molar-refractivity contribution is 0.629. The fraction of sp³-hybridized carbons (Fsp3) is 0.385. The van der Waals surface area contributed by atoms with Gasteiger partial charge in [0.1, 0.15) is 17.5 Å². The number of aromatic nitrogens is 2. The van der Waals surface area contributed by atoms with Crippen molar-refractivity contribution >= 4 is 16.7 Å². The van der Waals surface area contributed by atoms with E-state index in [1.807, 2.05) is 0 Å². The van der Waals surface area contributed by atoms with Crippen LogP contribution >= 0.6 is 0 Å². The molecule has 3 nitrogen and oxygen atoms in total. The van der Waals surface area contributed by atoms with Crippen LogP contribution in [-0.4, -0.2) is 9.97 Å². The zero-order valence-corrected chi connectivity index (χ0v) is 9.49. The first-order valence-corrected chi connectivity index (χ1v) is 5.97. The Labute approximate surface area is 98.9 Å². The second-order valence-electron chi connectivity index (χ2n) is 4.61. The van der Waals surface area contributed by atoms with E-state index in [0.717, 1.165) is 24.2 Å². The SMILES string of the molecule is Nc1nc(C2CCCC2)nc2ccc(F)cc12. The fourth-order valence-corrected chi connectivity index (χ4v) is 2.51. The Balaban J connectivity index is 2.13. The van der Waals surface area contributed by atoms with Gasteiger partial charge in [-0.05, 0) is 31.0 Å². The Hall–Kier alpha value is -1.71. The van der Waals surface area contributed by atoms with Gasteiger partial charge in [0.05, 0.1) is 5.52 Å². The van der Waals surface area contributed by atoms with Crippen LogP contribution < -0.4 is 5.73 Å². The highest BCUT2D eigenvalue weighted by Crippen LogP contribution is 2.33. The number of anilines is 1. The maximum Gasteiger partial charge on any atom is 0.135 e. The van der Waals surface area contributed by atoms with Crippen LogP contribution in [-0.2, 0) is 0 Å². The summed E-state index contributed by atoms with van der Waals surface area (Å²) < 4.78 is 13.1. The van der Waals surface area contributed by atoms with Crippen LogP contribution in [0.5, 0.6) is 0 Å². The second-order valence-corrected chi connectivity index (χ2v) is 4.61.